The molecule has 1 heterocycles. The van der Waals surface area contributed by atoms with E-state index in [1.54, 1.807) is 0 Å². The summed E-state index contributed by atoms with van der Waals surface area (Å²) in [4.78, 5) is 12.9. The summed E-state index contributed by atoms with van der Waals surface area (Å²) in [5.74, 6) is -0.721. The van der Waals surface area contributed by atoms with Gasteiger partial charge in [-0.1, -0.05) is 0 Å². The van der Waals surface area contributed by atoms with E-state index in [4.69, 9.17) is 5.11 Å². The molecule has 1 saturated heterocycles. The smallest absolute Gasteiger partial charge is 0.304 e. The van der Waals surface area contributed by atoms with E-state index in [1.165, 1.54) is 0 Å². The summed E-state index contributed by atoms with van der Waals surface area (Å²) in [5.41, 5.74) is 0.0869. The van der Waals surface area contributed by atoms with Gasteiger partial charge in [-0.2, -0.15) is 0 Å². The maximum absolute atomic E-state index is 10.7. The second-order valence-electron chi connectivity index (χ2n) is 4.63. The van der Waals surface area contributed by atoms with Gasteiger partial charge in [-0.25, -0.2) is 0 Å². The minimum atomic E-state index is -0.721. The fourth-order valence-corrected chi connectivity index (χ4v) is 1.88. The Kier molecular flexibility index (Phi) is 3.50. The van der Waals surface area contributed by atoms with Gasteiger partial charge in [0.25, 0.3) is 0 Å². The lowest BCUT2D eigenvalue weighted by atomic mass is 9.97. The van der Waals surface area contributed by atoms with E-state index in [2.05, 4.69) is 24.1 Å². The van der Waals surface area contributed by atoms with E-state index in [1.807, 2.05) is 7.05 Å². The van der Waals surface area contributed by atoms with E-state index in [-0.39, 0.29) is 18.0 Å². The Bertz CT molecular complexity index is 216. The van der Waals surface area contributed by atoms with Gasteiger partial charge in [-0.15, -0.1) is 0 Å². The first-order chi connectivity index (χ1) is 6.43. The van der Waals surface area contributed by atoms with Crippen molar-refractivity contribution in [2.24, 2.45) is 0 Å². The van der Waals surface area contributed by atoms with Crippen molar-refractivity contribution in [2.45, 2.75) is 38.3 Å². The number of hydrogen-bond donors (Lipinski definition) is 2. The van der Waals surface area contributed by atoms with Gasteiger partial charge in [0.15, 0.2) is 0 Å². The van der Waals surface area contributed by atoms with Gasteiger partial charge in [-0.3, -0.25) is 9.69 Å². The minimum Gasteiger partial charge on any atom is -0.481 e. The summed E-state index contributed by atoms with van der Waals surface area (Å²) >= 11 is 0. The first kappa shape index (κ1) is 11.5. The van der Waals surface area contributed by atoms with E-state index in [9.17, 15) is 4.79 Å². The van der Waals surface area contributed by atoms with Crippen molar-refractivity contribution in [1.29, 1.82) is 0 Å². The van der Waals surface area contributed by atoms with Gasteiger partial charge >= 0.3 is 5.97 Å². The van der Waals surface area contributed by atoms with Crippen LogP contribution in [0.4, 0.5) is 0 Å². The molecule has 0 radical (unpaired) electrons. The molecule has 0 spiro atoms. The third kappa shape index (κ3) is 2.69. The SMILES string of the molecule is CN1C(CC(=O)O)CNCCC1(C)C. The highest BCUT2D eigenvalue weighted by Gasteiger charge is 2.32. The minimum absolute atomic E-state index is 0.0869. The number of aliphatic carboxylic acids is 1. The zero-order valence-electron chi connectivity index (χ0n) is 9.21. The normalized spacial score (nSPS) is 28.4. The third-order valence-electron chi connectivity index (χ3n) is 3.21. The number of likely N-dealkylation sites (N-methyl/N-ethyl adjacent to an activating group) is 1. The van der Waals surface area contributed by atoms with Crippen molar-refractivity contribution in [2.75, 3.05) is 20.1 Å². The van der Waals surface area contributed by atoms with Crippen molar-refractivity contribution in [3.8, 4) is 0 Å². The zero-order chi connectivity index (χ0) is 10.8. The van der Waals surface area contributed by atoms with Crippen LogP contribution in [0, 0.1) is 0 Å². The lowest BCUT2D eigenvalue weighted by molar-refractivity contribution is -0.138. The molecule has 0 bridgehead atoms. The van der Waals surface area contributed by atoms with Gasteiger partial charge in [0.05, 0.1) is 6.42 Å². The highest BCUT2D eigenvalue weighted by atomic mass is 16.4. The molecule has 1 unspecified atom stereocenters. The first-order valence-corrected chi connectivity index (χ1v) is 5.09. The second kappa shape index (κ2) is 4.28. The van der Waals surface area contributed by atoms with Crippen molar-refractivity contribution < 1.29 is 9.90 Å². The summed E-state index contributed by atoms with van der Waals surface area (Å²) in [7, 11) is 2.01. The van der Waals surface area contributed by atoms with Gasteiger partial charge in [0, 0.05) is 18.1 Å². The molecule has 0 aliphatic carbocycles. The van der Waals surface area contributed by atoms with E-state index in [0.29, 0.717) is 0 Å². The Labute approximate surface area is 85.3 Å². The molecule has 14 heavy (non-hydrogen) atoms. The number of nitrogens with zero attached hydrogens (tertiary/aromatic N) is 1. The molecular weight excluding hydrogens is 180 g/mol. The Morgan fingerprint density at radius 3 is 2.86 bits per heavy atom. The maximum Gasteiger partial charge on any atom is 0.304 e. The van der Waals surface area contributed by atoms with Gasteiger partial charge in [0.1, 0.15) is 0 Å². The number of nitrogens with one attached hydrogen (secondary N) is 1. The fraction of sp³-hybridized carbons (Fsp3) is 0.900. The van der Waals surface area contributed by atoms with Gasteiger partial charge in [0.2, 0.25) is 0 Å². The van der Waals surface area contributed by atoms with Crippen LogP contribution in [0.2, 0.25) is 0 Å². The van der Waals surface area contributed by atoms with Crippen molar-refractivity contribution >= 4 is 5.97 Å². The number of rotatable bonds is 2. The molecule has 1 aliphatic heterocycles. The maximum atomic E-state index is 10.7. The lowest BCUT2D eigenvalue weighted by Crippen LogP contribution is -2.48. The highest BCUT2D eigenvalue weighted by molar-refractivity contribution is 5.67. The number of carboxylic acid groups (broad SMARTS) is 1. The molecule has 0 aromatic carbocycles. The molecule has 82 valence electrons. The summed E-state index contributed by atoms with van der Waals surface area (Å²) in [5, 5.41) is 12.1. The predicted molar refractivity (Wildman–Crippen MR) is 55.4 cm³/mol. The molecule has 0 amide bonds. The van der Waals surface area contributed by atoms with Crippen LogP contribution >= 0.6 is 0 Å². The molecule has 4 nitrogen and oxygen atoms in total. The number of hydrogen-bond acceptors (Lipinski definition) is 3. The topological polar surface area (TPSA) is 52.6 Å². The average Bonchev–Trinajstić information content (AvgIpc) is 2.17. The summed E-state index contributed by atoms with van der Waals surface area (Å²) in [6.45, 7) is 6.06. The summed E-state index contributed by atoms with van der Waals surface area (Å²) < 4.78 is 0. The average molecular weight is 200 g/mol. The third-order valence-corrected chi connectivity index (χ3v) is 3.21. The Morgan fingerprint density at radius 1 is 1.64 bits per heavy atom. The van der Waals surface area contributed by atoms with Gasteiger partial charge < -0.3 is 10.4 Å². The summed E-state index contributed by atoms with van der Waals surface area (Å²) in [6.07, 6.45) is 1.27. The molecule has 2 N–H and O–H groups in total. The Balaban J connectivity index is 2.68. The fourth-order valence-electron chi connectivity index (χ4n) is 1.88. The lowest BCUT2D eigenvalue weighted by Gasteiger charge is -2.38. The highest BCUT2D eigenvalue weighted by Crippen LogP contribution is 2.22. The molecule has 0 saturated carbocycles. The largest absolute Gasteiger partial charge is 0.481 e. The molecule has 1 rings (SSSR count). The van der Waals surface area contributed by atoms with Crippen LogP contribution in [0.15, 0.2) is 0 Å². The van der Waals surface area contributed by atoms with E-state index >= 15 is 0 Å². The molecule has 1 fully saturated rings. The number of carboxylic acids is 1. The standard InChI is InChI=1S/C10H20N2O2/c1-10(2)4-5-11-7-8(12(10)3)6-9(13)14/h8,11H,4-7H2,1-3H3,(H,13,14). The van der Waals surface area contributed by atoms with Gasteiger partial charge in [-0.05, 0) is 33.9 Å². The van der Waals surface area contributed by atoms with Crippen LogP contribution < -0.4 is 5.32 Å². The number of carbonyl (C=O) groups is 1. The quantitative estimate of drug-likeness (QED) is 0.683. The van der Waals surface area contributed by atoms with Crippen LogP contribution in [-0.2, 0) is 4.79 Å². The van der Waals surface area contributed by atoms with E-state index < -0.39 is 5.97 Å². The van der Waals surface area contributed by atoms with Crippen molar-refractivity contribution in [1.82, 2.24) is 10.2 Å². The Hall–Kier alpha value is -0.610. The van der Waals surface area contributed by atoms with E-state index in [0.717, 1.165) is 19.5 Å². The summed E-state index contributed by atoms with van der Waals surface area (Å²) in [6, 6.07) is 0.102. The first-order valence-electron chi connectivity index (χ1n) is 5.09. The van der Waals surface area contributed by atoms with Crippen LogP contribution in [0.1, 0.15) is 26.7 Å². The molecule has 4 heteroatoms. The molecule has 1 atom stereocenters. The predicted octanol–water partition coefficient (Wildman–Crippen LogP) is 0.533. The zero-order valence-corrected chi connectivity index (χ0v) is 9.21. The molecule has 0 aromatic heterocycles. The Morgan fingerprint density at radius 2 is 2.29 bits per heavy atom. The molecule has 1 aliphatic rings. The van der Waals surface area contributed by atoms with Crippen molar-refractivity contribution in [3.63, 3.8) is 0 Å². The van der Waals surface area contributed by atoms with Crippen LogP contribution in [0.25, 0.3) is 0 Å². The molecular formula is C10H20N2O2. The second-order valence-corrected chi connectivity index (χ2v) is 4.63. The van der Waals surface area contributed by atoms with Crippen LogP contribution in [0.3, 0.4) is 0 Å². The van der Waals surface area contributed by atoms with Crippen molar-refractivity contribution in [3.05, 3.63) is 0 Å². The molecule has 0 aromatic rings. The monoisotopic (exact) mass is 200 g/mol. The van der Waals surface area contributed by atoms with Crippen LogP contribution in [-0.4, -0.2) is 47.7 Å². The van der Waals surface area contributed by atoms with Crippen LogP contribution in [0.5, 0.6) is 0 Å².